The van der Waals surface area contributed by atoms with E-state index in [2.05, 4.69) is 25.2 Å². The van der Waals surface area contributed by atoms with Crippen LogP contribution in [-0.2, 0) is 0 Å². The second kappa shape index (κ2) is 6.97. The van der Waals surface area contributed by atoms with E-state index < -0.39 is 0 Å². The topological polar surface area (TPSA) is 12.0 Å². The van der Waals surface area contributed by atoms with Crippen molar-refractivity contribution in [2.24, 2.45) is 5.92 Å². The molecule has 1 saturated carbocycles. The largest absolute Gasteiger partial charge is 0.307 e. The number of nitrogens with one attached hydrogen (secondary N) is 1. The molecule has 3 unspecified atom stereocenters. The van der Waals surface area contributed by atoms with Crippen molar-refractivity contribution in [1.29, 1.82) is 0 Å². The average molecular weight is 300 g/mol. The van der Waals surface area contributed by atoms with Crippen molar-refractivity contribution in [3.8, 4) is 0 Å². The summed E-state index contributed by atoms with van der Waals surface area (Å²) in [5, 5.41) is 5.09. The highest BCUT2D eigenvalue weighted by atomic mass is 35.5. The quantitative estimate of drug-likeness (QED) is 0.761. The molecule has 0 saturated heterocycles. The molecule has 0 aliphatic heterocycles. The van der Waals surface area contributed by atoms with E-state index in [1.807, 2.05) is 12.1 Å². The Kier molecular flexibility index (Phi) is 5.56. The summed E-state index contributed by atoms with van der Waals surface area (Å²) >= 11 is 12.4. The van der Waals surface area contributed by atoms with Gasteiger partial charge in [-0.25, -0.2) is 0 Å². The zero-order valence-corrected chi connectivity index (χ0v) is 13.3. The van der Waals surface area contributed by atoms with Crippen molar-refractivity contribution in [1.82, 2.24) is 5.32 Å². The van der Waals surface area contributed by atoms with Crippen LogP contribution in [0.2, 0.25) is 10.0 Å². The third-order valence-corrected chi connectivity index (χ3v) is 5.18. The second-order valence-corrected chi connectivity index (χ2v) is 6.38. The lowest BCUT2D eigenvalue weighted by atomic mass is 9.82. The van der Waals surface area contributed by atoms with Gasteiger partial charge in [-0.05, 0) is 37.3 Å². The molecule has 1 N–H and O–H groups in total. The number of rotatable bonds is 4. The van der Waals surface area contributed by atoms with Crippen LogP contribution in [0.5, 0.6) is 0 Å². The minimum absolute atomic E-state index is 0.253. The molecule has 1 aliphatic rings. The molecule has 0 heterocycles. The third kappa shape index (κ3) is 3.65. The van der Waals surface area contributed by atoms with Crippen LogP contribution < -0.4 is 5.32 Å². The number of hydrogen-bond acceptors (Lipinski definition) is 1. The van der Waals surface area contributed by atoms with Crippen molar-refractivity contribution in [3.63, 3.8) is 0 Å². The van der Waals surface area contributed by atoms with Crippen molar-refractivity contribution in [2.45, 2.75) is 58.0 Å². The molecule has 2 rings (SSSR count). The first-order valence-corrected chi connectivity index (χ1v) is 8.09. The molecule has 1 fully saturated rings. The van der Waals surface area contributed by atoms with E-state index in [1.54, 1.807) is 0 Å². The van der Waals surface area contributed by atoms with E-state index in [0.29, 0.717) is 16.1 Å². The highest BCUT2D eigenvalue weighted by Crippen LogP contribution is 2.32. The van der Waals surface area contributed by atoms with Gasteiger partial charge >= 0.3 is 0 Å². The maximum atomic E-state index is 6.30. The summed E-state index contributed by atoms with van der Waals surface area (Å²) in [5.74, 6) is 0.800. The highest BCUT2D eigenvalue weighted by Gasteiger charge is 2.25. The van der Waals surface area contributed by atoms with Crippen LogP contribution in [0.25, 0.3) is 0 Å². The van der Waals surface area contributed by atoms with Gasteiger partial charge in [-0.3, -0.25) is 0 Å². The monoisotopic (exact) mass is 299 g/mol. The SMILES string of the molecule is CCC1CCCCC1NC(C)c1cccc(Cl)c1Cl. The molecule has 1 aliphatic carbocycles. The summed E-state index contributed by atoms with van der Waals surface area (Å²) in [6, 6.07) is 6.75. The van der Waals surface area contributed by atoms with E-state index in [1.165, 1.54) is 32.1 Å². The minimum atomic E-state index is 0.253. The molecule has 0 amide bonds. The van der Waals surface area contributed by atoms with Crippen molar-refractivity contribution in [3.05, 3.63) is 33.8 Å². The molecule has 106 valence electrons. The van der Waals surface area contributed by atoms with Gasteiger partial charge in [0, 0.05) is 12.1 Å². The third-order valence-electron chi connectivity index (χ3n) is 4.35. The van der Waals surface area contributed by atoms with Crippen LogP contribution in [-0.4, -0.2) is 6.04 Å². The van der Waals surface area contributed by atoms with Crippen molar-refractivity contribution >= 4 is 23.2 Å². The van der Waals surface area contributed by atoms with E-state index >= 15 is 0 Å². The molecule has 1 nitrogen and oxygen atoms in total. The molecule has 3 atom stereocenters. The van der Waals surface area contributed by atoms with Crippen LogP contribution in [0.4, 0.5) is 0 Å². The second-order valence-electron chi connectivity index (χ2n) is 5.59. The molecule has 0 bridgehead atoms. The standard InChI is InChI=1S/C16H23Cl2N/c1-3-12-7-4-5-10-15(12)19-11(2)13-8-6-9-14(17)16(13)18/h6,8-9,11-12,15,19H,3-5,7,10H2,1-2H3. The summed E-state index contributed by atoms with van der Waals surface area (Å²) < 4.78 is 0. The van der Waals surface area contributed by atoms with Crippen LogP contribution in [0, 0.1) is 5.92 Å². The molecule has 1 aromatic carbocycles. The number of benzene rings is 1. The maximum absolute atomic E-state index is 6.30. The fraction of sp³-hybridized carbons (Fsp3) is 0.625. The molecule has 19 heavy (non-hydrogen) atoms. The fourth-order valence-electron chi connectivity index (χ4n) is 3.18. The van der Waals surface area contributed by atoms with Gasteiger partial charge in [0.05, 0.1) is 10.0 Å². The first kappa shape index (κ1) is 15.2. The van der Waals surface area contributed by atoms with E-state index in [0.717, 1.165) is 11.5 Å². The predicted molar refractivity (Wildman–Crippen MR) is 84.0 cm³/mol. The molecule has 0 aromatic heterocycles. The van der Waals surface area contributed by atoms with Crippen molar-refractivity contribution < 1.29 is 0 Å². The summed E-state index contributed by atoms with van der Waals surface area (Å²) in [6.07, 6.45) is 6.60. The van der Waals surface area contributed by atoms with Gasteiger partial charge in [0.1, 0.15) is 0 Å². The molecule has 1 aromatic rings. The highest BCUT2D eigenvalue weighted by molar-refractivity contribution is 6.42. The Balaban J connectivity index is 2.07. The van der Waals surface area contributed by atoms with Crippen LogP contribution in [0.3, 0.4) is 0 Å². The van der Waals surface area contributed by atoms with E-state index in [4.69, 9.17) is 23.2 Å². The van der Waals surface area contributed by atoms with Gasteiger partial charge in [-0.2, -0.15) is 0 Å². The Morgan fingerprint density at radius 1 is 1.26 bits per heavy atom. The van der Waals surface area contributed by atoms with E-state index in [-0.39, 0.29) is 6.04 Å². The Morgan fingerprint density at radius 2 is 2.00 bits per heavy atom. The Morgan fingerprint density at radius 3 is 2.74 bits per heavy atom. The summed E-state index contributed by atoms with van der Waals surface area (Å²) in [7, 11) is 0. The molecular formula is C16H23Cl2N. The number of hydrogen-bond donors (Lipinski definition) is 1. The molecule has 0 radical (unpaired) electrons. The van der Waals surface area contributed by atoms with Gasteiger partial charge in [-0.15, -0.1) is 0 Å². The fourth-order valence-corrected chi connectivity index (χ4v) is 3.65. The Hall–Kier alpha value is -0.240. The van der Waals surface area contributed by atoms with Crippen molar-refractivity contribution in [2.75, 3.05) is 0 Å². The molecule has 0 spiro atoms. The van der Waals surface area contributed by atoms with Gasteiger partial charge in [0.25, 0.3) is 0 Å². The Labute approximate surface area is 126 Å². The average Bonchev–Trinajstić information content (AvgIpc) is 2.42. The molecule has 3 heteroatoms. The first-order chi connectivity index (χ1) is 9.13. The summed E-state index contributed by atoms with van der Waals surface area (Å²) in [4.78, 5) is 0. The summed E-state index contributed by atoms with van der Waals surface area (Å²) in [5.41, 5.74) is 1.11. The lowest BCUT2D eigenvalue weighted by Crippen LogP contribution is -2.39. The lowest BCUT2D eigenvalue weighted by molar-refractivity contribution is 0.241. The smallest absolute Gasteiger partial charge is 0.0639 e. The predicted octanol–water partition coefficient (Wildman–Crippen LogP) is 5.61. The zero-order chi connectivity index (χ0) is 13.8. The van der Waals surface area contributed by atoms with Crippen LogP contribution in [0.15, 0.2) is 18.2 Å². The van der Waals surface area contributed by atoms with Gasteiger partial charge in [0.2, 0.25) is 0 Å². The normalized spacial score (nSPS) is 25.3. The number of halogens is 2. The maximum Gasteiger partial charge on any atom is 0.0639 e. The molecular weight excluding hydrogens is 277 g/mol. The Bertz CT molecular complexity index is 419. The van der Waals surface area contributed by atoms with Gasteiger partial charge < -0.3 is 5.32 Å². The van der Waals surface area contributed by atoms with Crippen LogP contribution >= 0.6 is 23.2 Å². The van der Waals surface area contributed by atoms with Gasteiger partial charge in [-0.1, -0.05) is 61.5 Å². The van der Waals surface area contributed by atoms with Gasteiger partial charge in [0.15, 0.2) is 0 Å². The lowest BCUT2D eigenvalue weighted by Gasteiger charge is -2.34. The van der Waals surface area contributed by atoms with Crippen LogP contribution in [0.1, 0.15) is 57.6 Å². The first-order valence-electron chi connectivity index (χ1n) is 7.33. The zero-order valence-electron chi connectivity index (χ0n) is 11.8. The minimum Gasteiger partial charge on any atom is -0.307 e. The summed E-state index contributed by atoms with van der Waals surface area (Å²) in [6.45, 7) is 4.47. The van der Waals surface area contributed by atoms with E-state index in [9.17, 15) is 0 Å².